The smallest absolute Gasteiger partial charge is 0.402 e. The van der Waals surface area contributed by atoms with Gasteiger partial charge in [-0.05, 0) is 57.9 Å². The summed E-state index contributed by atoms with van der Waals surface area (Å²) in [6, 6.07) is 10.7. The van der Waals surface area contributed by atoms with Crippen LogP contribution in [-0.2, 0) is 9.31 Å². The Morgan fingerprint density at radius 3 is 2.29 bits per heavy atom. The lowest BCUT2D eigenvalue weighted by Gasteiger charge is -2.32. The molecule has 1 aromatic rings. The first-order chi connectivity index (χ1) is 9.80. The largest absolute Gasteiger partial charge is 0.475 e. The first-order valence-corrected chi connectivity index (χ1v) is 7.96. The Labute approximate surface area is 128 Å². The van der Waals surface area contributed by atoms with E-state index in [0.29, 0.717) is 11.8 Å². The maximum atomic E-state index is 6.35. The third kappa shape index (κ3) is 2.89. The Morgan fingerprint density at radius 1 is 1.14 bits per heavy atom. The second-order valence-corrected chi connectivity index (χ2v) is 7.54. The number of hydrogen-bond donors (Lipinski definition) is 1. The van der Waals surface area contributed by atoms with E-state index in [9.17, 15) is 0 Å². The van der Waals surface area contributed by atoms with Crippen molar-refractivity contribution in [2.45, 2.75) is 63.6 Å². The molecule has 0 bridgehead atoms. The molecule has 114 valence electrons. The fourth-order valence-corrected chi connectivity index (χ4v) is 3.14. The summed E-state index contributed by atoms with van der Waals surface area (Å²) in [6.07, 6.45) is 2.20. The Morgan fingerprint density at radius 2 is 1.71 bits per heavy atom. The van der Waals surface area contributed by atoms with E-state index in [2.05, 4.69) is 58.0 Å². The van der Waals surface area contributed by atoms with E-state index >= 15 is 0 Å². The third-order valence-electron chi connectivity index (χ3n) is 5.35. The molecule has 21 heavy (non-hydrogen) atoms. The molecule has 3 atom stereocenters. The standard InChI is InChI=1S/C17H26BNO2/c1-16(2)17(3,4)21-18(20-16)15(19)11-13-10-14(13)12-8-6-5-7-9-12/h5-9,13-15H,10-11,19H2,1-4H3/t13-,14-,15?/m1/s1. The average molecular weight is 287 g/mol. The Kier molecular flexibility index (Phi) is 3.67. The van der Waals surface area contributed by atoms with Crippen molar-refractivity contribution in [3.63, 3.8) is 0 Å². The van der Waals surface area contributed by atoms with Crippen LogP contribution in [0, 0.1) is 5.92 Å². The minimum Gasteiger partial charge on any atom is -0.402 e. The van der Waals surface area contributed by atoms with Gasteiger partial charge in [0.1, 0.15) is 0 Å². The minimum absolute atomic E-state index is 0.0511. The summed E-state index contributed by atoms with van der Waals surface area (Å²) in [5.74, 6) is 1.28. The number of benzene rings is 1. The van der Waals surface area contributed by atoms with Crippen molar-refractivity contribution in [2.75, 3.05) is 0 Å². The van der Waals surface area contributed by atoms with Gasteiger partial charge < -0.3 is 15.0 Å². The number of hydrogen-bond acceptors (Lipinski definition) is 3. The molecule has 4 heteroatoms. The molecule has 1 aromatic carbocycles. The van der Waals surface area contributed by atoms with Crippen LogP contribution in [0.2, 0.25) is 0 Å². The Hall–Kier alpha value is -0.835. The van der Waals surface area contributed by atoms with Crippen molar-refractivity contribution in [1.29, 1.82) is 0 Å². The molecule has 2 N–H and O–H groups in total. The molecule has 3 rings (SSSR count). The van der Waals surface area contributed by atoms with Gasteiger partial charge in [-0.3, -0.25) is 0 Å². The zero-order valence-corrected chi connectivity index (χ0v) is 13.5. The topological polar surface area (TPSA) is 44.5 Å². The lowest BCUT2D eigenvalue weighted by atomic mass is 9.76. The van der Waals surface area contributed by atoms with E-state index in [1.165, 1.54) is 12.0 Å². The number of rotatable bonds is 4. The zero-order valence-electron chi connectivity index (χ0n) is 13.5. The van der Waals surface area contributed by atoms with Crippen LogP contribution < -0.4 is 5.73 Å². The normalized spacial score (nSPS) is 31.2. The highest BCUT2D eigenvalue weighted by molar-refractivity contribution is 6.47. The molecule has 1 aliphatic carbocycles. The first kappa shape index (κ1) is 15.1. The van der Waals surface area contributed by atoms with Gasteiger partial charge in [-0.2, -0.15) is 0 Å². The van der Waals surface area contributed by atoms with Crippen LogP contribution >= 0.6 is 0 Å². The van der Waals surface area contributed by atoms with Gasteiger partial charge in [0.2, 0.25) is 0 Å². The van der Waals surface area contributed by atoms with Crippen LogP contribution in [-0.4, -0.2) is 24.3 Å². The van der Waals surface area contributed by atoms with Crippen molar-refractivity contribution >= 4 is 7.12 Å². The summed E-state index contributed by atoms with van der Waals surface area (Å²) in [5.41, 5.74) is 7.20. The van der Waals surface area contributed by atoms with Crippen LogP contribution in [0.3, 0.4) is 0 Å². The predicted molar refractivity (Wildman–Crippen MR) is 86.0 cm³/mol. The van der Waals surface area contributed by atoms with Crippen LogP contribution in [0.1, 0.15) is 52.0 Å². The maximum absolute atomic E-state index is 6.35. The molecule has 1 unspecified atom stereocenters. The van der Waals surface area contributed by atoms with Crippen LogP contribution in [0.4, 0.5) is 0 Å². The lowest BCUT2D eigenvalue weighted by Crippen LogP contribution is -2.42. The van der Waals surface area contributed by atoms with Crippen molar-refractivity contribution in [3.8, 4) is 0 Å². The Bertz CT molecular complexity index is 487. The zero-order chi connectivity index (χ0) is 15.3. The quantitative estimate of drug-likeness (QED) is 0.865. The fourth-order valence-electron chi connectivity index (χ4n) is 3.14. The molecule has 2 aliphatic rings. The maximum Gasteiger partial charge on any atom is 0.475 e. The molecule has 0 aromatic heterocycles. The van der Waals surface area contributed by atoms with Gasteiger partial charge in [-0.1, -0.05) is 30.3 Å². The van der Waals surface area contributed by atoms with E-state index in [0.717, 1.165) is 6.42 Å². The summed E-state index contributed by atoms with van der Waals surface area (Å²) in [6.45, 7) is 8.29. The van der Waals surface area contributed by atoms with Crippen LogP contribution in [0.5, 0.6) is 0 Å². The van der Waals surface area contributed by atoms with Crippen LogP contribution in [0.15, 0.2) is 30.3 Å². The summed E-state index contributed by atoms with van der Waals surface area (Å²) in [7, 11) is -0.285. The molecular formula is C17H26BNO2. The van der Waals surface area contributed by atoms with E-state index < -0.39 is 0 Å². The third-order valence-corrected chi connectivity index (χ3v) is 5.35. The molecule has 0 radical (unpaired) electrons. The van der Waals surface area contributed by atoms with Gasteiger partial charge in [-0.15, -0.1) is 0 Å². The molecular weight excluding hydrogens is 261 g/mol. The molecule has 1 saturated heterocycles. The SMILES string of the molecule is CC1(C)OB(C(N)C[C@H]2C[C@@H]2c2ccccc2)OC1(C)C. The second kappa shape index (κ2) is 5.11. The molecule has 1 heterocycles. The summed E-state index contributed by atoms with van der Waals surface area (Å²) in [5, 5.41) is 0. The van der Waals surface area contributed by atoms with Gasteiger partial charge in [0, 0.05) is 5.94 Å². The van der Waals surface area contributed by atoms with Gasteiger partial charge in [0.25, 0.3) is 0 Å². The lowest BCUT2D eigenvalue weighted by molar-refractivity contribution is 0.00578. The molecule has 3 nitrogen and oxygen atoms in total. The van der Waals surface area contributed by atoms with Crippen LogP contribution in [0.25, 0.3) is 0 Å². The highest BCUT2D eigenvalue weighted by Gasteiger charge is 2.54. The van der Waals surface area contributed by atoms with Gasteiger partial charge in [0.15, 0.2) is 0 Å². The van der Waals surface area contributed by atoms with Crippen molar-refractivity contribution < 1.29 is 9.31 Å². The summed E-state index contributed by atoms with van der Waals surface area (Å²) >= 11 is 0. The van der Waals surface area contributed by atoms with E-state index in [4.69, 9.17) is 15.0 Å². The van der Waals surface area contributed by atoms with Gasteiger partial charge in [-0.25, -0.2) is 0 Å². The van der Waals surface area contributed by atoms with E-state index in [1.807, 2.05) is 0 Å². The molecule has 0 spiro atoms. The molecule has 2 fully saturated rings. The highest BCUT2D eigenvalue weighted by Crippen LogP contribution is 2.50. The van der Waals surface area contributed by atoms with Gasteiger partial charge in [0.05, 0.1) is 11.2 Å². The van der Waals surface area contributed by atoms with Crippen molar-refractivity contribution in [3.05, 3.63) is 35.9 Å². The Balaban J connectivity index is 1.56. The summed E-state index contributed by atoms with van der Waals surface area (Å²) in [4.78, 5) is 0. The van der Waals surface area contributed by atoms with Crippen molar-refractivity contribution in [1.82, 2.24) is 0 Å². The predicted octanol–water partition coefficient (Wildman–Crippen LogP) is 3.14. The minimum atomic E-state index is -0.294. The van der Waals surface area contributed by atoms with Crippen molar-refractivity contribution in [2.24, 2.45) is 11.7 Å². The molecule has 0 amide bonds. The van der Waals surface area contributed by atoms with Gasteiger partial charge >= 0.3 is 7.12 Å². The van der Waals surface area contributed by atoms with E-state index in [1.54, 1.807) is 0 Å². The number of nitrogens with two attached hydrogens (primary N) is 1. The average Bonchev–Trinajstić information content (AvgIpc) is 3.12. The second-order valence-electron chi connectivity index (χ2n) is 7.54. The van der Waals surface area contributed by atoms with E-state index in [-0.39, 0.29) is 24.3 Å². The monoisotopic (exact) mass is 287 g/mol. The highest BCUT2D eigenvalue weighted by atomic mass is 16.7. The first-order valence-electron chi connectivity index (χ1n) is 7.96. The fraction of sp³-hybridized carbons (Fsp3) is 0.647. The molecule has 1 saturated carbocycles. The molecule has 1 aliphatic heterocycles. The summed E-state index contributed by atoms with van der Waals surface area (Å²) < 4.78 is 12.1.